The zero-order valence-corrected chi connectivity index (χ0v) is 8.34. The average molecular weight is 201 g/mol. The molecule has 76 valence electrons. The van der Waals surface area contributed by atoms with E-state index in [0.29, 0.717) is 11.6 Å². The van der Waals surface area contributed by atoms with Gasteiger partial charge in [0.1, 0.15) is 0 Å². The highest BCUT2D eigenvalue weighted by Gasteiger charge is 2.00. The Labute approximate surface area is 87.7 Å². The van der Waals surface area contributed by atoms with Crippen LogP contribution in [-0.2, 0) is 0 Å². The summed E-state index contributed by atoms with van der Waals surface area (Å²) in [5, 5.41) is 0. The second kappa shape index (κ2) is 3.96. The number of methoxy groups -OCH3 is 1. The Bertz CT molecular complexity index is 454. The number of ether oxygens (including phenoxy) is 1. The number of aromatic nitrogens is 2. The smallest absolute Gasteiger partial charge is 0.213 e. The van der Waals surface area contributed by atoms with E-state index in [-0.39, 0.29) is 0 Å². The summed E-state index contributed by atoms with van der Waals surface area (Å²) in [4.78, 5) is 8.24. The topological polar surface area (TPSA) is 61.0 Å². The van der Waals surface area contributed by atoms with Crippen molar-refractivity contribution < 1.29 is 4.74 Å². The van der Waals surface area contributed by atoms with Crippen LogP contribution in [0.2, 0.25) is 0 Å². The molecule has 2 rings (SSSR count). The van der Waals surface area contributed by atoms with Crippen molar-refractivity contribution in [3.63, 3.8) is 0 Å². The quantitative estimate of drug-likeness (QED) is 0.803. The Balaban J connectivity index is 2.40. The van der Waals surface area contributed by atoms with Gasteiger partial charge in [0, 0.05) is 17.8 Å². The fourth-order valence-electron chi connectivity index (χ4n) is 1.26. The van der Waals surface area contributed by atoms with Crippen LogP contribution >= 0.6 is 0 Å². The van der Waals surface area contributed by atoms with E-state index in [4.69, 9.17) is 10.5 Å². The Kier molecular flexibility index (Phi) is 2.49. The monoisotopic (exact) mass is 201 g/mol. The van der Waals surface area contributed by atoms with Gasteiger partial charge >= 0.3 is 0 Å². The third-order valence-electron chi connectivity index (χ3n) is 2.03. The second-order valence-corrected chi connectivity index (χ2v) is 3.06. The van der Waals surface area contributed by atoms with Gasteiger partial charge in [-0.25, -0.2) is 4.98 Å². The van der Waals surface area contributed by atoms with Gasteiger partial charge in [-0.2, -0.15) is 0 Å². The molecule has 15 heavy (non-hydrogen) atoms. The zero-order chi connectivity index (χ0) is 10.7. The van der Waals surface area contributed by atoms with Crippen LogP contribution in [0.3, 0.4) is 0 Å². The van der Waals surface area contributed by atoms with Gasteiger partial charge < -0.3 is 10.5 Å². The van der Waals surface area contributed by atoms with E-state index in [2.05, 4.69) is 9.97 Å². The molecule has 2 N–H and O–H groups in total. The lowest BCUT2D eigenvalue weighted by atomic mass is 10.2. The molecule has 0 aromatic carbocycles. The van der Waals surface area contributed by atoms with Gasteiger partial charge in [-0.05, 0) is 18.2 Å². The number of hydrogen-bond donors (Lipinski definition) is 1. The number of anilines is 1. The van der Waals surface area contributed by atoms with Crippen molar-refractivity contribution >= 4 is 5.69 Å². The molecule has 0 aliphatic heterocycles. The molecule has 0 spiro atoms. The minimum atomic E-state index is 0.575. The van der Waals surface area contributed by atoms with E-state index in [1.54, 1.807) is 19.5 Å². The van der Waals surface area contributed by atoms with E-state index < -0.39 is 0 Å². The van der Waals surface area contributed by atoms with Gasteiger partial charge in [0.2, 0.25) is 5.88 Å². The number of nitrogens with two attached hydrogens (primary N) is 1. The normalized spacial score (nSPS) is 9.93. The van der Waals surface area contributed by atoms with Crippen LogP contribution in [0, 0.1) is 0 Å². The average Bonchev–Trinajstić information content (AvgIpc) is 2.30. The molecular weight excluding hydrogens is 190 g/mol. The lowest BCUT2D eigenvalue weighted by Gasteiger charge is -2.03. The van der Waals surface area contributed by atoms with Gasteiger partial charge in [0.25, 0.3) is 0 Å². The molecule has 4 heteroatoms. The van der Waals surface area contributed by atoms with E-state index >= 15 is 0 Å². The Morgan fingerprint density at radius 1 is 1.20 bits per heavy atom. The maximum Gasteiger partial charge on any atom is 0.213 e. The van der Waals surface area contributed by atoms with Crippen LogP contribution in [0.25, 0.3) is 11.3 Å². The second-order valence-electron chi connectivity index (χ2n) is 3.06. The third kappa shape index (κ3) is 2.04. The summed E-state index contributed by atoms with van der Waals surface area (Å²) >= 11 is 0. The first-order valence-corrected chi connectivity index (χ1v) is 4.51. The van der Waals surface area contributed by atoms with Crippen molar-refractivity contribution in [2.75, 3.05) is 12.8 Å². The molecule has 2 heterocycles. The van der Waals surface area contributed by atoms with Crippen molar-refractivity contribution in [3.8, 4) is 17.1 Å². The predicted octanol–water partition coefficient (Wildman–Crippen LogP) is 1.73. The molecule has 0 atom stereocenters. The lowest BCUT2D eigenvalue weighted by Crippen LogP contribution is -1.90. The van der Waals surface area contributed by atoms with Crippen LogP contribution in [0.4, 0.5) is 5.69 Å². The molecule has 0 aliphatic carbocycles. The summed E-state index contributed by atoms with van der Waals surface area (Å²) in [6, 6.07) is 7.39. The van der Waals surface area contributed by atoms with Crippen molar-refractivity contribution in [1.82, 2.24) is 9.97 Å². The maximum absolute atomic E-state index is 5.56. The predicted molar refractivity (Wildman–Crippen MR) is 58.4 cm³/mol. The van der Waals surface area contributed by atoms with Gasteiger partial charge in [0.05, 0.1) is 24.7 Å². The van der Waals surface area contributed by atoms with Crippen LogP contribution in [0.5, 0.6) is 5.88 Å². The molecule has 0 fully saturated rings. The fraction of sp³-hybridized carbons (Fsp3) is 0.0909. The van der Waals surface area contributed by atoms with Crippen LogP contribution in [0.1, 0.15) is 0 Å². The Morgan fingerprint density at radius 3 is 2.73 bits per heavy atom. The van der Waals surface area contributed by atoms with Gasteiger partial charge in [-0.3, -0.25) is 4.98 Å². The molecule has 0 amide bonds. The number of pyridine rings is 2. The van der Waals surface area contributed by atoms with Crippen molar-refractivity contribution in [1.29, 1.82) is 0 Å². The molecule has 4 nitrogen and oxygen atoms in total. The highest BCUT2D eigenvalue weighted by Crippen LogP contribution is 2.20. The van der Waals surface area contributed by atoms with E-state index in [1.165, 1.54) is 0 Å². The summed E-state index contributed by atoms with van der Waals surface area (Å²) in [6.45, 7) is 0. The van der Waals surface area contributed by atoms with Crippen LogP contribution in [0.15, 0.2) is 36.7 Å². The van der Waals surface area contributed by atoms with E-state index in [1.807, 2.05) is 24.3 Å². The van der Waals surface area contributed by atoms with Crippen molar-refractivity contribution in [2.24, 2.45) is 0 Å². The Hall–Kier alpha value is -2.10. The largest absolute Gasteiger partial charge is 0.481 e. The summed E-state index contributed by atoms with van der Waals surface area (Å²) in [5.74, 6) is 0.575. The molecular formula is C11H11N3O. The Morgan fingerprint density at radius 2 is 2.07 bits per heavy atom. The third-order valence-corrected chi connectivity index (χ3v) is 2.03. The number of nitrogen functional groups attached to an aromatic ring is 1. The van der Waals surface area contributed by atoms with Crippen LogP contribution in [-0.4, -0.2) is 17.1 Å². The first kappa shape index (κ1) is 9.45. The summed E-state index contributed by atoms with van der Waals surface area (Å²) in [5.41, 5.74) is 8.03. The molecule has 0 unspecified atom stereocenters. The standard InChI is InChI=1S/C11H11N3O/c1-15-11-6-8(4-5-13-11)10-3-2-9(12)7-14-10/h2-7H,12H2,1H3. The summed E-state index contributed by atoms with van der Waals surface area (Å²) in [6.07, 6.45) is 3.31. The number of rotatable bonds is 2. The molecule has 2 aromatic heterocycles. The number of hydrogen-bond acceptors (Lipinski definition) is 4. The first-order valence-electron chi connectivity index (χ1n) is 4.51. The van der Waals surface area contributed by atoms with Gasteiger partial charge in [-0.1, -0.05) is 0 Å². The highest BCUT2D eigenvalue weighted by molar-refractivity contribution is 5.61. The molecule has 0 saturated heterocycles. The highest BCUT2D eigenvalue weighted by atomic mass is 16.5. The molecule has 0 saturated carbocycles. The SMILES string of the molecule is COc1cc(-c2ccc(N)cn2)ccn1. The summed E-state index contributed by atoms with van der Waals surface area (Å²) < 4.78 is 5.04. The molecule has 2 aromatic rings. The van der Waals surface area contributed by atoms with Gasteiger partial charge in [-0.15, -0.1) is 0 Å². The minimum absolute atomic E-state index is 0.575. The zero-order valence-electron chi connectivity index (χ0n) is 8.34. The van der Waals surface area contributed by atoms with Gasteiger partial charge in [0.15, 0.2) is 0 Å². The maximum atomic E-state index is 5.56. The lowest BCUT2D eigenvalue weighted by molar-refractivity contribution is 0.398. The number of nitrogens with zero attached hydrogens (tertiary/aromatic N) is 2. The molecule has 0 bridgehead atoms. The fourth-order valence-corrected chi connectivity index (χ4v) is 1.26. The van der Waals surface area contributed by atoms with Crippen molar-refractivity contribution in [3.05, 3.63) is 36.7 Å². The summed E-state index contributed by atoms with van der Waals surface area (Å²) in [7, 11) is 1.59. The molecule has 0 aliphatic rings. The van der Waals surface area contributed by atoms with Crippen molar-refractivity contribution in [2.45, 2.75) is 0 Å². The minimum Gasteiger partial charge on any atom is -0.481 e. The van der Waals surface area contributed by atoms with Crippen LogP contribution < -0.4 is 10.5 Å². The van der Waals surface area contributed by atoms with E-state index in [0.717, 1.165) is 11.3 Å². The first-order chi connectivity index (χ1) is 7.29. The molecule has 0 radical (unpaired) electrons. The van der Waals surface area contributed by atoms with E-state index in [9.17, 15) is 0 Å².